The van der Waals surface area contributed by atoms with E-state index in [0.717, 1.165) is 0 Å². The summed E-state index contributed by atoms with van der Waals surface area (Å²) in [6.07, 6.45) is -0.416. The molecule has 1 aliphatic rings. The van der Waals surface area contributed by atoms with E-state index >= 15 is 0 Å². The number of carbonyl (C=O) groups excluding carboxylic acids is 2. The lowest BCUT2D eigenvalue weighted by Crippen LogP contribution is -2.56. The minimum Gasteiger partial charge on any atom is -0.478 e. The van der Waals surface area contributed by atoms with Crippen LogP contribution in [0.1, 0.15) is 36.7 Å². The molecule has 0 saturated carbocycles. The van der Waals surface area contributed by atoms with Crippen molar-refractivity contribution >= 4 is 18.0 Å². The quantitative estimate of drug-likeness (QED) is 0.876. The Morgan fingerprint density at radius 3 is 2.54 bits per heavy atom. The summed E-state index contributed by atoms with van der Waals surface area (Å²) in [5, 5.41) is 11.7. The first kappa shape index (κ1) is 17.8. The van der Waals surface area contributed by atoms with Crippen LogP contribution in [0.2, 0.25) is 0 Å². The van der Waals surface area contributed by atoms with Gasteiger partial charge in [-0.05, 0) is 38.5 Å². The number of amides is 2. The topological polar surface area (TPSA) is 95.9 Å². The van der Waals surface area contributed by atoms with Gasteiger partial charge in [0, 0.05) is 19.6 Å². The standard InChI is InChI=1S/C17H22N2O5/c1-17(2,3)24-16(23)19-9-13(10-19)14(20)18-8-11-5-4-6-12(7-11)15(21)22/h4-7,13H,8-10H2,1-3H3,(H,18,20)(H,21,22). The van der Waals surface area contributed by atoms with Crippen molar-refractivity contribution in [3.05, 3.63) is 35.4 Å². The molecule has 24 heavy (non-hydrogen) atoms. The number of carboxylic acid groups (broad SMARTS) is 1. The third kappa shape index (κ3) is 4.71. The molecule has 0 aliphatic carbocycles. The maximum absolute atomic E-state index is 12.1. The Kier molecular flexibility index (Phi) is 5.11. The maximum Gasteiger partial charge on any atom is 0.410 e. The second-order valence-electron chi connectivity index (χ2n) is 6.81. The van der Waals surface area contributed by atoms with Crippen LogP contribution in [0.25, 0.3) is 0 Å². The van der Waals surface area contributed by atoms with Crippen molar-refractivity contribution in [1.82, 2.24) is 10.2 Å². The largest absolute Gasteiger partial charge is 0.478 e. The smallest absolute Gasteiger partial charge is 0.410 e. The molecule has 0 radical (unpaired) electrons. The number of nitrogens with one attached hydrogen (secondary N) is 1. The summed E-state index contributed by atoms with van der Waals surface area (Å²) in [7, 11) is 0. The molecule has 2 N–H and O–H groups in total. The van der Waals surface area contributed by atoms with E-state index in [1.807, 2.05) is 0 Å². The number of benzene rings is 1. The summed E-state index contributed by atoms with van der Waals surface area (Å²) in [6.45, 7) is 6.29. The molecule has 0 spiro atoms. The van der Waals surface area contributed by atoms with Gasteiger partial charge in [-0.2, -0.15) is 0 Å². The summed E-state index contributed by atoms with van der Waals surface area (Å²) in [6, 6.07) is 6.41. The number of rotatable bonds is 4. The summed E-state index contributed by atoms with van der Waals surface area (Å²) in [5.74, 6) is -1.43. The van der Waals surface area contributed by atoms with Crippen LogP contribution in [-0.2, 0) is 16.1 Å². The van der Waals surface area contributed by atoms with Crippen molar-refractivity contribution in [2.75, 3.05) is 13.1 Å². The van der Waals surface area contributed by atoms with Crippen LogP contribution in [0.5, 0.6) is 0 Å². The Balaban J connectivity index is 1.78. The third-order valence-corrected chi connectivity index (χ3v) is 3.54. The first-order chi connectivity index (χ1) is 11.2. The van der Waals surface area contributed by atoms with Gasteiger partial charge < -0.3 is 20.1 Å². The highest BCUT2D eigenvalue weighted by atomic mass is 16.6. The summed E-state index contributed by atoms with van der Waals surface area (Å²) >= 11 is 0. The highest BCUT2D eigenvalue weighted by Crippen LogP contribution is 2.19. The lowest BCUT2D eigenvalue weighted by molar-refractivity contribution is -0.129. The molecule has 0 aromatic heterocycles. The Morgan fingerprint density at radius 1 is 1.29 bits per heavy atom. The summed E-state index contributed by atoms with van der Waals surface area (Å²) in [5.41, 5.74) is 0.340. The van der Waals surface area contributed by atoms with Crippen LogP contribution >= 0.6 is 0 Å². The highest BCUT2D eigenvalue weighted by Gasteiger charge is 2.37. The molecular formula is C17H22N2O5. The average molecular weight is 334 g/mol. The van der Waals surface area contributed by atoms with Gasteiger partial charge in [0.25, 0.3) is 0 Å². The fourth-order valence-electron chi connectivity index (χ4n) is 2.27. The average Bonchev–Trinajstić information content (AvgIpc) is 2.41. The lowest BCUT2D eigenvalue weighted by Gasteiger charge is -2.38. The van der Waals surface area contributed by atoms with Crippen LogP contribution < -0.4 is 5.32 Å². The van der Waals surface area contributed by atoms with Gasteiger partial charge in [0.1, 0.15) is 5.60 Å². The Labute approximate surface area is 140 Å². The molecule has 0 bridgehead atoms. The molecule has 2 amide bonds. The zero-order chi connectivity index (χ0) is 17.9. The molecule has 7 heteroatoms. The number of carbonyl (C=O) groups is 3. The van der Waals surface area contributed by atoms with Crippen LogP contribution in [0.15, 0.2) is 24.3 Å². The predicted molar refractivity (Wildman–Crippen MR) is 86.5 cm³/mol. The van der Waals surface area contributed by atoms with E-state index in [1.165, 1.54) is 17.0 Å². The number of carboxylic acids is 1. The Hall–Kier alpha value is -2.57. The van der Waals surface area contributed by atoms with Gasteiger partial charge in [-0.3, -0.25) is 4.79 Å². The van der Waals surface area contributed by atoms with E-state index in [4.69, 9.17) is 9.84 Å². The van der Waals surface area contributed by atoms with E-state index in [2.05, 4.69) is 5.32 Å². The monoisotopic (exact) mass is 334 g/mol. The lowest BCUT2D eigenvalue weighted by atomic mass is 9.99. The molecule has 2 rings (SSSR count). The van der Waals surface area contributed by atoms with Gasteiger partial charge in [0.2, 0.25) is 5.91 Å². The molecule has 130 valence electrons. The molecule has 1 aromatic rings. The van der Waals surface area contributed by atoms with Crippen molar-refractivity contribution in [1.29, 1.82) is 0 Å². The van der Waals surface area contributed by atoms with E-state index in [1.54, 1.807) is 32.9 Å². The molecule has 0 atom stereocenters. The molecule has 1 aromatic carbocycles. The second-order valence-corrected chi connectivity index (χ2v) is 6.81. The minimum atomic E-state index is -1.00. The van der Waals surface area contributed by atoms with Crippen LogP contribution in [0.4, 0.5) is 4.79 Å². The Morgan fingerprint density at radius 2 is 1.96 bits per heavy atom. The number of likely N-dealkylation sites (tertiary alicyclic amines) is 1. The summed E-state index contributed by atoms with van der Waals surface area (Å²) < 4.78 is 5.23. The van der Waals surface area contributed by atoms with E-state index in [9.17, 15) is 14.4 Å². The van der Waals surface area contributed by atoms with Crippen molar-refractivity contribution < 1.29 is 24.2 Å². The number of aromatic carboxylic acids is 1. The third-order valence-electron chi connectivity index (χ3n) is 3.54. The molecule has 1 fully saturated rings. The number of nitrogens with zero attached hydrogens (tertiary/aromatic N) is 1. The fraction of sp³-hybridized carbons (Fsp3) is 0.471. The van der Waals surface area contributed by atoms with Crippen molar-refractivity contribution in [3.8, 4) is 0 Å². The van der Waals surface area contributed by atoms with Crippen LogP contribution in [-0.4, -0.2) is 46.7 Å². The van der Waals surface area contributed by atoms with E-state index in [0.29, 0.717) is 18.7 Å². The van der Waals surface area contributed by atoms with Gasteiger partial charge in [0.15, 0.2) is 0 Å². The number of ether oxygens (including phenoxy) is 1. The van der Waals surface area contributed by atoms with Crippen molar-refractivity contribution in [2.24, 2.45) is 5.92 Å². The molecule has 1 aliphatic heterocycles. The normalized spacial score (nSPS) is 14.7. The summed E-state index contributed by atoms with van der Waals surface area (Å²) in [4.78, 5) is 36.3. The fourth-order valence-corrected chi connectivity index (χ4v) is 2.27. The molecule has 0 unspecified atom stereocenters. The van der Waals surface area contributed by atoms with E-state index < -0.39 is 17.7 Å². The van der Waals surface area contributed by atoms with Gasteiger partial charge in [-0.25, -0.2) is 9.59 Å². The zero-order valence-electron chi connectivity index (χ0n) is 14.0. The predicted octanol–water partition coefficient (Wildman–Crippen LogP) is 1.87. The number of hydrogen-bond donors (Lipinski definition) is 2. The van der Waals surface area contributed by atoms with Crippen molar-refractivity contribution in [3.63, 3.8) is 0 Å². The molecule has 1 heterocycles. The van der Waals surface area contributed by atoms with E-state index in [-0.39, 0.29) is 23.9 Å². The maximum atomic E-state index is 12.1. The molecule has 7 nitrogen and oxygen atoms in total. The SMILES string of the molecule is CC(C)(C)OC(=O)N1CC(C(=O)NCc2cccc(C(=O)O)c2)C1. The molecular weight excluding hydrogens is 312 g/mol. The first-order valence-electron chi connectivity index (χ1n) is 7.73. The van der Waals surface area contributed by atoms with Gasteiger partial charge in [-0.1, -0.05) is 12.1 Å². The van der Waals surface area contributed by atoms with Gasteiger partial charge in [-0.15, -0.1) is 0 Å². The second kappa shape index (κ2) is 6.90. The zero-order valence-corrected chi connectivity index (χ0v) is 14.0. The van der Waals surface area contributed by atoms with Crippen molar-refractivity contribution in [2.45, 2.75) is 32.9 Å². The molecule has 1 saturated heterocycles. The van der Waals surface area contributed by atoms with Gasteiger partial charge in [0.05, 0.1) is 11.5 Å². The van der Waals surface area contributed by atoms with Crippen LogP contribution in [0, 0.1) is 5.92 Å². The number of hydrogen-bond acceptors (Lipinski definition) is 4. The highest BCUT2D eigenvalue weighted by molar-refractivity contribution is 5.87. The van der Waals surface area contributed by atoms with Crippen LogP contribution in [0.3, 0.4) is 0 Å². The first-order valence-corrected chi connectivity index (χ1v) is 7.73. The Bertz CT molecular complexity index is 645. The van der Waals surface area contributed by atoms with Gasteiger partial charge >= 0.3 is 12.1 Å². The minimum absolute atomic E-state index is 0.157.